The van der Waals surface area contributed by atoms with E-state index in [0.717, 1.165) is 10.2 Å². The number of nitrogens with zero attached hydrogens (tertiary/aromatic N) is 1. The normalized spacial score (nSPS) is 10.4. The van der Waals surface area contributed by atoms with Crippen LogP contribution < -0.4 is 11.1 Å². The topological polar surface area (TPSA) is 50.9 Å². The largest absolute Gasteiger partial charge is 0.396 e. The molecule has 1 aromatic carbocycles. The number of aromatic nitrogens is 1. The fraction of sp³-hybridized carbons (Fsp3) is 0.214. The number of hydrogen-bond acceptors (Lipinski definition) is 3. The van der Waals surface area contributed by atoms with Crippen LogP contribution in [0.4, 0.5) is 17.2 Å². The molecule has 0 saturated carbocycles. The van der Waals surface area contributed by atoms with E-state index in [9.17, 15) is 0 Å². The van der Waals surface area contributed by atoms with E-state index in [1.165, 1.54) is 16.7 Å². The summed E-state index contributed by atoms with van der Waals surface area (Å²) in [6.45, 7) is 6.25. The Hall–Kier alpha value is -1.55. The van der Waals surface area contributed by atoms with Crippen molar-refractivity contribution in [1.29, 1.82) is 0 Å². The zero-order valence-electron chi connectivity index (χ0n) is 10.7. The van der Waals surface area contributed by atoms with Gasteiger partial charge < -0.3 is 11.1 Å². The first-order valence-corrected chi connectivity index (χ1v) is 6.52. The predicted octanol–water partition coefficient (Wildman–Crippen LogP) is 4.10. The van der Waals surface area contributed by atoms with Crippen molar-refractivity contribution >= 4 is 33.1 Å². The van der Waals surface area contributed by atoms with Crippen molar-refractivity contribution in [1.82, 2.24) is 4.98 Å². The average Bonchev–Trinajstić information content (AvgIpc) is 2.25. The lowest BCUT2D eigenvalue weighted by Crippen LogP contribution is -2.02. The molecule has 0 spiro atoms. The molecule has 0 unspecified atom stereocenters. The summed E-state index contributed by atoms with van der Waals surface area (Å²) >= 11 is 3.35. The lowest BCUT2D eigenvalue weighted by Gasteiger charge is -2.14. The third-order valence-corrected chi connectivity index (χ3v) is 3.24. The molecule has 4 heteroatoms. The number of rotatable bonds is 2. The van der Waals surface area contributed by atoms with Crippen LogP contribution in [0.5, 0.6) is 0 Å². The molecular formula is C14H16BrN3. The summed E-state index contributed by atoms with van der Waals surface area (Å²) in [5.74, 6) is 0.688. The van der Waals surface area contributed by atoms with Gasteiger partial charge in [-0.2, -0.15) is 0 Å². The molecule has 0 aliphatic carbocycles. The van der Waals surface area contributed by atoms with Crippen LogP contribution in [0.1, 0.15) is 16.7 Å². The van der Waals surface area contributed by atoms with Gasteiger partial charge in [0.2, 0.25) is 0 Å². The minimum Gasteiger partial charge on any atom is -0.396 e. The molecular weight excluding hydrogens is 290 g/mol. The fourth-order valence-corrected chi connectivity index (χ4v) is 2.40. The van der Waals surface area contributed by atoms with Crippen molar-refractivity contribution in [2.75, 3.05) is 11.1 Å². The van der Waals surface area contributed by atoms with Crippen LogP contribution in [0.15, 0.2) is 28.9 Å². The highest BCUT2D eigenvalue weighted by atomic mass is 79.9. The molecule has 0 aliphatic rings. The summed E-state index contributed by atoms with van der Waals surface area (Å²) in [6, 6.07) is 6.13. The van der Waals surface area contributed by atoms with Crippen LogP contribution >= 0.6 is 15.9 Å². The van der Waals surface area contributed by atoms with Gasteiger partial charge in [-0.3, -0.25) is 0 Å². The number of halogens is 1. The Bertz CT molecular complexity index is 571. The number of aryl methyl sites for hydroxylation is 3. The third-order valence-electron chi connectivity index (χ3n) is 2.80. The highest BCUT2D eigenvalue weighted by molar-refractivity contribution is 9.10. The molecule has 0 atom stereocenters. The molecule has 0 bridgehead atoms. The van der Waals surface area contributed by atoms with Crippen molar-refractivity contribution < 1.29 is 0 Å². The highest BCUT2D eigenvalue weighted by Crippen LogP contribution is 2.28. The van der Waals surface area contributed by atoms with Gasteiger partial charge >= 0.3 is 0 Å². The molecule has 0 aliphatic heterocycles. The Morgan fingerprint density at radius 1 is 1.11 bits per heavy atom. The standard InChI is InChI=1S/C14H16BrN3/c1-8-4-9(2)13(10(3)5-8)18-14-12(16)6-11(15)7-17-14/h4-7H,16H2,1-3H3,(H,17,18). The number of benzene rings is 1. The van der Waals surface area contributed by atoms with Crippen LogP contribution in [0.3, 0.4) is 0 Å². The molecule has 0 saturated heterocycles. The molecule has 1 aromatic heterocycles. The maximum atomic E-state index is 5.94. The van der Waals surface area contributed by atoms with Gasteiger partial charge in [0.05, 0.1) is 5.69 Å². The predicted molar refractivity (Wildman–Crippen MR) is 80.3 cm³/mol. The zero-order chi connectivity index (χ0) is 13.3. The summed E-state index contributed by atoms with van der Waals surface area (Å²) in [5, 5.41) is 3.31. The highest BCUT2D eigenvalue weighted by Gasteiger charge is 2.07. The monoisotopic (exact) mass is 305 g/mol. The maximum Gasteiger partial charge on any atom is 0.153 e. The SMILES string of the molecule is Cc1cc(C)c(Nc2ncc(Br)cc2N)c(C)c1. The van der Waals surface area contributed by atoms with E-state index in [2.05, 4.69) is 59.1 Å². The molecule has 94 valence electrons. The quantitative estimate of drug-likeness (QED) is 0.878. The van der Waals surface area contributed by atoms with Crippen molar-refractivity contribution in [3.8, 4) is 0 Å². The van der Waals surface area contributed by atoms with E-state index < -0.39 is 0 Å². The van der Waals surface area contributed by atoms with E-state index in [4.69, 9.17) is 5.73 Å². The lowest BCUT2D eigenvalue weighted by molar-refractivity contribution is 1.26. The first-order valence-electron chi connectivity index (χ1n) is 5.73. The van der Waals surface area contributed by atoms with Gasteiger partial charge in [0.1, 0.15) is 0 Å². The molecule has 0 radical (unpaired) electrons. The second kappa shape index (κ2) is 4.98. The minimum atomic E-state index is 0.628. The molecule has 18 heavy (non-hydrogen) atoms. The van der Waals surface area contributed by atoms with E-state index >= 15 is 0 Å². The molecule has 3 nitrogen and oxygen atoms in total. The van der Waals surface area contributed by atoms with Gasteiger partial charge in [-0.05, 0) is 53.9 Å². The summed E-state index contributed by atoms with van der Waals surface area (Å²) in [6.07, 6.45) is 1.73. The Kier molecular flexibility index (Phi) is 3.57. The van der Waals surface area contributed by atoms with E-state index in [1.807, 2.05) is 6.07 Å². The Balaban J connectivity index is 2.40. The van der Waals surface area contributed by atoms with Crippen LogP contribution in [0.25, 0.3) is 0 Å². The third kappa shape index (κ3) is 2.64. The minimum absolute atomic E-state index is 0.628. The van der Waals surface area contributed by atoms with Crippen LogP contribution in [-0.4, -0.2) is 4.98 Å². The first-order chi connectivity index (χ1) is 8.47. The first kappa shape index (κ1) is 12.9. The van der Waals surface area contributed by atoms with Gasteiger partial charge in [0.15, 0.2) is 5.82 Å². The molecule has 2 aromatic rings. The van der Waals surface area contributed by atoms with E-state index in [-0.39, 0.29) is 0 Å². The van der Waals surface area contributed by atoms with Crippen LogP contribution in [0, 0.1) is 20.8 Å². The Labute approximate surface area is 116 Å². The number of hydrogen-bond donors (Lipinski definition) is 2. The number of nitrogens with two attached hydrogens (primary N) is 1. The maximum absolute atomic E-state index is 5.94. The molecule has 0 amide bonds. The van der Waals surface area contributed by atoms with E-state index in [1.54, 1.807) is 6.20 Å². The zero-order valence-corrected chi connectivity index (χ0v) is 12.3. The molecule has 3 N–H and O–H groups in total. The number of nitrogens with one attached hydrogen (secondary N) is 1. The second-order valence-corrected chi connectivity index (χ2v) is 5.41. The summed E-state index contributed by atoms with van der Waals surface area (Å²) < 4.78 is 0.878. The number of anilines is 3. The van der Waals surface area contributed by atoms with Gasteiger partial charge in [-0.1, -0.05) is 17.7 Å². The fourth-order valence-electron chi connectivity index (χ4n) is 2.05. The summed E-state index contributed by atoms with van der Waals surface area (Å²) in [4.78, 5) is 4.29. The van der Waals surface area contributed by atoms with Crippen molar-refractivity contribution in [2.45, 2.75) is 20.8 Å². The lowest BCUT2D eigenvalue weighted by atomic mass is 10.1. The smallest absolute Gasteiger partial charge is 0.153 e. The molecule has 1 heterocycles. The number of nitrogen functional groups attached to an aromatic ring is 1. The van der Waals surface area contributed by atoms with Gasteiger partial charge in [0, 0.05) is 16.4 Å². The second-order valence-electron chi connectivity index (χ2n) is 4.49. The van der Waals surface area contributed by atoms with Crippen LogP contribution in [-0.2, 0) is 0 Å². The van der Waals surface area contributed by atoms with E-state index in [0.29, 0.717) is 11.5 Å². The van der Waals surface area contributed by atoms with Crippen molar-refractivity contribution in [3.05, 3.63) is 45.6 Å². The summed E-state index contributed by atoms with van der Waals surface area (Å²) in [5.41, 5.74) is 11.3. The average molecular weight is 306 g/mol. The Morgan fingerprint density at radius 2 is 1.72 bits per heavy atom. The van der Waals surface area contributed by atoms with Gasteiger partial charge in [0.25, 0.3) is 0 Å². The Morgan fingerprint density at radius 3 is 2.28 bits per heavy atom. The van der Waals surface area contributed by atoms with Crippen molar-refractivity contribution in [2.24, 2.45) is 0 Å². The van der Waals surface area contributed by atoms with Crippen LogP contribution in [0.2, 0.25) is 0 Å². The van der Waals surface area contributed by atoms with Gasteiger partial charge in [-0.25, -0.2) is 4.98 Å². The molecule has 2 rings (SSSR count). The number of pyridine rings is 1. The summed E-state index contributed by atoms with van der Waals surface area (Å²) in [7, 11) is 0. The van der Waals surface area contributed by atoms with Gasteiger partial charge in [-0.15, -0.1) is 0 Å². The molecule has 0 fully saturated rings. The van der Waals surface area contributed by atoms with Crippen molar-refractivity contribution in [3.63, 3.8) is 0 Å².